The van der Waals surface area contributed by atoms with Crippen molar-refractivity contribution < 1.29 is 4.79 Å². The number of amides is 1. The van der Waals surface area contributed by atoms with E-state index in [4.69, 9.17) is 11.6 Å². The molecule has 0 bridgehead atoms. The van der Waals surface area contributed by atoms with Crippen molar-refractivity contribution in [3.63, 3.8) is 0 Å². The molecule has 0 saturated carbocycles. The predicted octanol–water partition coefficient (Wildman–Crippen LogP) is 2.59. The maximum Gasteiger partial charge on any atom is 0.276 e. The largest absolute Gasteiger partial charge is 0.337 e. The van der Waals surface area contributed by atoms with Gasteiger partial charge in [0.05, 0.1) is 11.4 Å². The predicted molar refractivity (Wildman–Crippen MR) is 103 cm³/mol. The molecule has 1 aromatic heterocycles. The lowest BCUT2D eigenvalue weighted by Crippen LogP contribution is -2.32. The molecule has 6 nitrogen and oxygen atoms in total. The van der Waals surface area contributed by atoms with Crippen molar-refractivity contribution in [2.45, 2.75) is 19.8 Å². The minimum absolute atomic E-state index is 0. The van der Waals surface area contributed by atoms with E-state index in [2.05, 4.69) is 22.6 Å². The van der Waals surface area contributed by atoms with Gasteiger partial charge in [0, 0.05) is 31.2 Å². The molecule has 2 aliphatic heterocycles. The smallest absolute Gasteiger partial charge is 0.276 e. The van der Waals surface area contributed by atoms with E-state index >= 15 is 0 Å². The number of aromatic nitrogens is 3. The fourth-order valence-electron chi connectivity index (χ4n) is 3.92. The van der Waals surface area contributed by atoms with Gasteiger partial charge in [-0.2, -0.15) is 0 Å². The second-order valence-corrected chi connectivity index (χ2v) is 7.35. The number of carbonyl (C=O) groups excluding carboxylic acids is 1. The first kappa shape index (κ1) is 19.1. The molecule has 2 aliphatic rings. The summed E-state index contributed by atoms with van der Waals surface area (Å²) in [5.41, 5.74) is 2.18. The average molecular weight is 396 g/mol. The van der Waals surface area contributed by atoms with Crippen molar-refractivity contribution in [3.05, 3.63) is 40.7 Å². The number of carbonyl (C=O) groups is 1. The van der Waals surface area contributed by atoms with Gasteiger partial charge in [-0.3, -0.25) is 4.79 Å². The maximum absolute atomic E-state index is 13.0. The summed E-state index contributed by atoms with van der Waals surface area (Å²) in [5.74, 6) is 1.15. The zero-order valence-electron chi connectivity index (χ0n) is 14.7. The number of benzene rings is 1. The lowest BCUT2D eigenvalue weighted by Gasteiger charge is -2.17. The number of hydrogen-bond acceptors (Lipinski definition) is 4. The van der Waals surface area contributed by atoms with Crippen LogP contribution in [0.3, 0.4) is 0 Å². The van der Waals surface area contributed by atoms with Crippen LogP contribution in [0.4, 0.5) is 0 Å². The van der Waals surface area contributed by atoms with Crippen LogP contribution in [0.5, 0.6) is 0 Å². The van der Waals surface area contributed by atoms with Crippen LogP contribution >= 0.6 is 24.0 Å². The van der Waals surface area contributed by atoms with Gasteiger partial charge in [0.25, 0.3) is 5.91 Å². The van der Waals surface area contributed by atoms with Crippen LogP contribution in [-0.4, -0.2) is 52.0 Å². The Kier molecular flexibility index (Phi) is 5.85. The van der Waals surface area contributed by atoms with Crippen molar-refractivity contribution in [2.24, 2.45) is 11.8 Å². The summed E-state index contributed by atoms with van der Waals surface area (Å²) in [7, 11) is 0. The van der Waals surface area contributed by atoms with Crippen LogP contribution in [0, 0.1) is 11.8 Å². The molecule has 1 N–H and O–H groups in total. The number of likely N-dealkylation sites (tertiary alicyclic amines) is 1. The van der Waals surface area contributed by atoms with Gasteiger partial charge in [-0.15, -0.1) is 17.5 Å². The molecule has 0 radical (unpaired) electrons. The number of nitrogens with zero attached hydrogens (tertiary/aromatic N) is 4. The Morgan fingerprint density at radius 1 is 1.31 bits per heavy atom. The molecule has 3 heterocycles. The Morgan fingerprint density at radius 2 is 2.04 bits per heavy atom. The molecule has 1 aromatic carbocycles. The summed E-state index contributed by atoms with van der Waals surface area (Å²) in [4.78, 5) is 15.0. The van der Waals surface area contributed by atoms with E-state index in [0.717, 1.165) is 50.4 Å². The first-order valence-electron chi connectivity index (χ1n) is 8.88. The summed E-state index contributed by atoms with van der Waals surface area (Å²) >= 11 is 6.11. The summed E-state index contributed by atoms with van der Waals surface area (Å²) < 4.78 is 1.75. The summed E-state index contributed by atoms with van der Waals surface area (Å²) in [6, 6.07) is 7.48. The second-order valence-electron chi connectivity index (χ2n) is 6.91. The molecule has 140 valence electrons. The van der Waals surface area contributed by atoms with Gasteiger partial charge in [0.2, 0.25) is 0 Å². The van der Waals surface area contributed by atoms with Crippen LogP contribution in [0.25, 0.3) is 5.69 Å². The maximum atomic E-state index is 13.0. The third kappa shape index (κ3) is 3.46. The van der Waals surface area contributed by atoms with Crippen molar-refractivity contribution in [1.82, 2.24) is 25.2 Å². The van der Waals surface area contributed by atoms with Crippen LogP contribution in [0.1, 0.15) is 29.5 Å². The van der Waals surface area contributed by atoms with E-state index in [1.807, 2.05) is 29.2 Å². The highest BCUT2D eigenvalue weighted by molar-refractivity contribution is 6.30. The average Bonchev–Trinajstić information content (AvgIpc) is 3.29. The van der Waals surface area contributed by atoms with Gasteiger partial charge < -0.3 is 10.2 Å². The molecule has 0 unspecified atom stereocenters. The van der Waals surface area contributed by atoms with Gasteiger partial charge in [-0.25, -0.2) is 4.68 Å². The zero-order chi connectivity index (χ0) is 17.4. The van der Waals surface area contributed by atoms with E-state index < -0.39 is 0 Å². The van der Waals surface area contributed by atoms with Gasteiger partial charge in [0.1, 0.15) is 0 Å². The molecule has 1 amide bonds. The van der Waals surface area contributed by atoms with Crippen LogP contribution < -0.4 is 5.32 Å². The summed E-state index contributed by atoms with van der Waals surface area (Å²) in [5, 5.41) is 12.5. The van der Waals surface area contributed by atoms with E-state index in [-0.39, 0.29) is 18.3 Å². The molecular weight excluding hydrogens is 373 g/mol. The number of nitrogens with one attached hydrogen (secondary N) is 1. The molecule has 0 aliphatic carbocycles. The Labute approximate surface area is 164 Å². The highest BCUT2D eigenvalue weighted by atomic mass is 35.5. The fourth-order valence-corrected chi connectivity index (χ4v) is 4.10. The van der Waals surface area contributed by atoms with Gasteiger partial charge in [0.15, 0.2) is 5.69 Å². The highest BCUT2D eigenvalue weighted by Crippen LogP contribution is 2.28. The molecule has 2 fully saturated rings. The minimum Gasteiger partial charge on any atom is -0.337 e. The molecule has 4 rings (SSSR count). The van der Waals surface area contributed by atoms with Gasteiger partial charge in [-0.05, 0) is 36.5 Å². The number of halogens is 2. The topological polar surface area (TPSA) is 63.1 Å². The standard InChI is InChI=1S/C18H22ClN5O.ClH/c1-2-4-16-17(18(25)23-10-12-8-20-9-13(12)11-23)21-22-24(16)15-6-3-5-14(19)7-15;/h3,5-7,12-13,20H,2,4,8-11H2,1H3;1H/t12-,13+;. The van der Waals surface area contributed by atoms with E-state index in [1.54, 1.807) is 4.68 Å². The quantitative estimate of drug-likeness (QED) is 0.863. The molecule has 2 saturated heterocycles. The number of hydrogen-bond donors (Lipinski definition) is 1. The molecule has 0 spiro atoms. The monoisotopic (exact) mass is 395 g/mol. The van der Waals surface area contributed by atoms with Gasteiger partial charge in [-0.1, -0.05) is 36.2 Å². The summed E-state index contributed by atoms with van der Waals surface area (Å²) in [6.07, 6.45) is 1.67. The lowest BCUT2D eigenvalue weighted by molar-refractivity contribution is 0.0774. The zero-order valence-corrected chi connectivity index (χ0v) is 16.3. The Balaban J connectivity index is 0.00000196. The third-order valence-corrected chi connectivity index (χ3v) is 5.42. The van der Waals surface area contributed by atoms with Crippen molar-refractivity contribution in [3.8, 4) is 5.69 Å². The van der Waals surface area contributed by atoms with Crippen molar-refractivity contribution in [2.75, 3.05) is 26.2 Å². The second kappa shape index (κ2) is 7.94. The van der Waals surface area contributed by atoms with Crippen LogP contribution in [0.15, 0.2) is 24.3 Å². The molecular formula is C18H23Cl2N5O. The molecule has 8 heteroatoms. The van der Waals surface area contributed by atoms with Crippen molar-refractivity contribution >= 4 is 29.9 Å². The third-order valence-electron chi connectivity index (χ3n) is 5.18. The van der Waals surface area contributed by atoms with Crippen molar-refractivity contribution in [1.29, 1.82) is 0 Å². The molecule has 26 heavy (non-hydrogen) atoms. The van der Waals surface area contributed by atoms with Gasteiger partial charge >= 0.3 is 0 Å². The molecule has 2 aromatic rings. The van der Waals surface area contributed by atoms with E-state index in [0.29, 0.717) is 22.6 Å². The normalized spacial score (nSPS) is 21.5. The Bertz CT molecular complexity index is 782. The number of fused-ring (bicyclic) bond motifs is 1. The summed E-state index contributed by atoms with van der Waals surface area (Å²) in [6.45, 7) is 5.73. The Hall–Kier alpha value is -1.63. The fraction of sp³-hybridized carbons (Fsp3) is 0.500. The van der Waals surface area contributed by atoms with E-state index in [9.17, 15) is 4.79 Å². The van der Waals surface area contributed by atoms with Crippen LogP contribution in [-0.2, 0) is 6.42 Å². The number of rotatable bonds is 4. The highest BCUT2D eigenvalue weighted by Gasteiger charge is 2.39. The first-order chi connectivity index (χ1) is 12.2. The minimum atomic E-state index is 0. The van der Waals surface area contributed by atoms with Crippen LogP contribution in [0.2, 0.25) is 5.02 Å². The SMILES string of the molecule is CCCc1c(C(=O)N2C[C@H]3CNC[C@H]3C2)nnn1-c1cccc(Cl)c1.Cl. The lowest BCUT2D eigenvalue weighted by atomic mass is 10.0. The van der Waals surface area contributed by atoms with E-state index in [1.165, 1.54) is 0 Å². The first-order valence-corrected chi connectivity index (χ1v) is 9.25. The molecule has 2 atom stereocenters. The Morgan fingerprint density at radius 3 is 2.69 bits per heavy atom.